The van der Waals surface area contributed by atoms with Crippen molar-refractivity contribution < 1.29 is 0 Å². The van der Waals surface area contributed by atoms with Gasteiger partial charge in [0, 0.05) is 5.66 Å². The highest BCUT2D eigenvalue weighted by atomic mass is 31.1. The third kappa shape index (κ3) is 2.49. The predicted octanol–water partition coefficient (Wildman–Crippen LogP) is 2.14. The van der Waals surface area contributed by atoms with Crippen molar-refractivity contribution in [2.24, 2.45) is 17.8 Å². The van der Waals surface area contributed by atoms with Gasteiger partial charge in [0.05, 0.1) is 0 Å². The van der Waals surface area contributed by atoms with Crippen LogP contribution in [-0.4, -0.2) is 13.2 Å². The third-order valence-electron chi connectivity index (χ3n) is 3.07. The first kappa shape index (κ1) is 10.6. The van der Waals surface area contributed by atoms with Crippen LogP contribution in [0.4, 0.5) is 0 Å². The van der Waals surface area contributed by atoms with Gasteiger partial charge in [0.2, 0.25) is 0 Å². The molecule has 1 aliphatic carbocycles. The van der Waals surface area contributed by atoms with Gasteiger partial charge in [-0.05, 0) is 30.6 Å². The molecular weight excluding hydrogens is 162 g/mol. The molecule has 0 aromatic heterocycles. The van der Waals surface area contributed by atoms with Gasteiger partial charge in [0.25, 0.3) is 0 Å². The van der Waals surface area contributed by atoms with Gasteiger partial charge in [-0.2, -0.15) is 8.46 Å². The van der Waals surface area contributed by atoms with E-state index in [1.807, 2.05) is 0 Å². The minimum atomic E-state index is 0.725. The molecule has 12 heavy (non-hydrogen) atoms. The van der Waals surface area contributed by atoms with E-state index < -0.39 is 0 Å². The molecule has 0 bridgehead atoms. The Kier molecular flexibility index (Phi) is 4.10. The summed E-state index contributed by atoms with van der Waals surface area (Å²) in [7, 11) is 1.68. The van der Waals surface area contributed by atoms with E-state index in [1.165, 1.54) is 12.1 Å². The summed E-state index contributed by atoms with van der Waals surface area (Å²) in [5.74, 6) is 3.14. The number of hydrogen-bond acceptors (Lipinski definition) is 0. The van der Waals surface area contributed by atoms with E-state index in [1.54, 1.807) is 12.8 Å². The summed E-state index contributed by atoms with van der Waals surface area (Å²) in [4.78, 5) is 0. The van der Waals surface area contributed by atoms with E-state index in [9.17, 15) is 0 Å². The fourth-order valence-electron chi connectivity index (χ4n) is 2.28. The topological polar surface area (TPSA) is 0 Å². The zero-order valence-corrected chi connectivity index (χ0v) is 9.16. The van der Waals surface area contributed by atoms with Crippen molar-refractivity contribution in [3.05, 3.63) is 0 Å². The molecule has 0 spiro atoms. The summed E-state index contributed by atoms with van der Waals surface area (Å²) in [6.45, 7) is 7.32. The van der Waals surface area contributed by atoms with Gasteiger partial charge < -0.3 is 0 Å². The number of hydrogen-bond donors (Lipinski definition) is 0. The molecule has 2 heteroatoms. The van der Waals surface area contributed by atoms with Crippen molar-refractivity contribution >= 4 is 16.0 Å². The lowest BCUT2D eigenvalue weighted by Gasteiger charge is -2.35. The van der Waals surface area contributed by atoms with Crippen molar-refractivity contribution in [1.29, 1.82) is 0 Å². The maximum Gasteiger partial charge on any atom is 0.121 e. The van der Waals surface area contributed by atoms with Crippen LogP contribution in [0.25, 0.3) is 0 Å². The third-order valence-corrected chi connectivity index (χ3v) is 3.84. The Morgan fingerprint density at radius 2 is 2.00 bits per heavy atom. The number of rotatable bonds is 2. The summed E-state index contributed by atoms with van der Waals surface area (Å²) in [6, 6.07) is 0. The Morgan fingerprint density at radius 3 is 2.50 bits per heavy atom. The van der Waals surface area contributed by atoms with Gasteiger partial charge in [0.1, 0.15) is 7.57 Å². The molecule has 0 aliphatic heterocycles. The van der Waals surface area contributed by atoms with Crippen LogP contribution >= 0.6 is 8.46 Å². The first-order valence-electron chi connectivity index (χ1n) is 4.87. The van der Waals surface area contributed by atoms with Crippen LogP contribution in [0.5, 0.6) is 0 Å². The van der Waals surface area contributed by atoms with E-state index in [0.29, 0.717) is 0 Å². The largest absolute Gasteiger partial charge is 0.179 e. The first-order chi connectivity index (χ1) is 5.65. The fourth-order valence-corrected chi connectivity index (χ4v) is 3.38. The molecule has 1 saturated carbocycles. The SMILES string of the molecule is [BH3-][PH2+][C@@H]1C[C@H](C)CC[C@H]1C(C)C. The average Bonchev–Trinajstić information content (AvgIpc) is 2.03. The molecule has 0 aromatic carbocycles. The van der Waals surface area contributed by atoms with Crippen molar-refractivity contribution in [1.82, 2.24) is 0 Å². The van der Waals surface area contributed by atoms with Gasteiger partial charge in [-0.15, -0.1) is 0 Å². The highest BCUT2D eigenvalue weighted by Crippen LogP contribution is 2.41. The molecule has 0 heterocycles. The second-order valence-electron chi connectivity index (χ2n) is 4.49. The van der Waals surface area contributed by atoms with E-state index in [2.05, 4.69) is 20.8 Å². The minimum Gasteiger partial charge on any atom is -0.179 e. The lowest BCUT2D eigenvalue weighted by Crippen LogP contribution is -2.28. The van der Waals surface area contributed by atoms with Gasteiger partial charge in [-0.25, -0.2) is 0 Å². The maximum atomic E-state index is 2.46. The smallest absolute Gasteiger partial charge is 0.121 e. The van der Waals surface area contributed by atoms with Crippen LogP contribution in [0, 0.1) is 17.8 Å². The van der Waals surface area contributed by atoms with E-state index in [4.69, 9.17) is 0 Å². The van der Waals surface area contributed by atoms with E-state index in [-0.39, 0.29) is 0 Å². The van der Waals surface area contributed by atoms with Crippen LogP contribution in [0.1, 0.15) is 40.0 Å². The van der Waals surface area contributed by atoms with Gasteiger partial charge in [-0.1, -0.05) is 27.2 Å². The molecule has 72 valence electrons. The molecule has 0 amide bonds. The standard InChI is InChI=1S/C10H24BP/c1-7(2)9-5-4-8(3)6-10(9)12-11/h7-10H,4-6,12H2,1-3,11H3/t8-,9+,10-/m1/s1. The van der Waals surface area contributed by atoms with Gasteiger partial charge in [0.15, 0.2) is 0 Å². The molecule has 1 fully saturated rings. The highest BCUT2D eigenvalue weighted by Gasteiger charge is 2.30. The molecule has 1 rings (SSSR count). The summed E-state index contributed by atoms with van der Waals surface area (Å²) < 4.78 is 0. The van der Waals surface area contributed by atoms with Crippen LogP contribution < -0.4 is 0 Å². The van der Waals surface area contributed by atoms with E-state index >= 15 is 0 Å². The fraction of sp³-hybridized carbons (Fsp3) is 1.00. The Hall–Kier alpha value is 0.495. The average molecular weight is 186 g/mol. The second-order valence-corrected chi connectivity index (χ2v) is 5.35. The Bertz CT molecular complexity index is 136. The molecule has 4 atom stereocenters. The Balaban J connectivity index is 2.50. The predicted molar refractivity (Wildman–Crippen MR) is 64.8 cm³/mol. The quantitative estimate of drug-likeness (QED) is 0.457. The first-order valence-corrected chi connectivity index (χ1v) is 5.53. The Labute approximate surface area is 80.0 Å². The summed E-state index contributed by atoms with van der Waals surface area (Å²) in [5.41, 5.74) is 1.22. The molecule has 0 saturated heterocycles. The Morgan fingerprint density at radius 1 is 1.33 bits per heavy atom. The lowest BCUT2D eigenvalue weighted by molar-refractivity contribution is 0.243. The highest BCUT2D eigenvalue weighted by molar-refractivity contribution is 7.66. The monoisotopic (exact) mass is 186 g/mol. The summed E-state index contributed by atoms with van der Waals surface area (Å²) >= 11 is 0. The zero-order valence-electron chi connectivity index (χ0n) is 8.01. The maximum absolute atomic E-state index is 2.46. The summed E-state index contributed by atoms with van der Waals surface area (Å²) in [6.07, 6.45) is 4.64. The van der Waals surface area contributed by atoms with Crippen molar-refractivity contribution in [2.75, 3.05) is 0 Å². The second kappa shape index (κ2) is 4.65. The van der Waals surface area contributed by atoms with Crippen molar-refractivity contribution in [3.63, 3.8) is 0 Å². The van der Waals surface area contributed by atoms with Crippen molar-refractivity contribution in [3.8, 4) is 0 Å². The molecule has 0 N–H and O–H groups in total. The van der Waals surface area contributed by atoms with Gasteiger partial charge in [-0.3, -0.25) is 0 Å². The molecule has 0 aromatic rings. The lowest BCUT2D eigenvalue weighted by atomic mass is 9.77. The van der Waals surface area contributed by atoms with Gasteiger partial charge >= 0.3 is 0 Å². The van der Waals surface area contributed by atoms with Crippen LogP contribution in [0.15, 0.2) is 0 Å². The molecule has 1 unspecified atom stereocenters. The van der Waals surface area contributed by atoms with Crippen LogP contribution in [0.3, 0.4) is 0 Å². The minimum absolute atomic E-state index is 0.725. The molecule has 0 radical (unpaired) electrons. The zero-order chi connectivity index (χ0) is 9.14. The summed E-state index contributed by atoms with van der Waals surface area (Å²) in [5, 5.41) is 0. The van der Waals surface area contributed by atoms with Crippen molar-refractivity contribution in [2.45, 2.75) is 45.7 Å². The molecular formula is C10H24BP. The molecule has 0 nitrogen and oxygen atoms in total. The van der Waals surface area contributed by atoms with Crippen LogP contribution in [-0.2, 0) is 0 Å². The van der Waals surface area contributed by atoms with Crippen LogP contribution in [0.2, 0.25) is 0 Å². The van der Waals surface area contributed by atoms with E-state index in [0.717, 1.165) is 33.8 Å². The molecule has 1 aliphatic rings. The normalized spacial score (nSPS) is 38.2.